The van der Waals surface area contributed by atoms with E-state index in [1.807, 2.05) is 26.2 Å². The van der Waals surface area contributed by atoms with Gasteiger partial charge in [-0.2, -0.15) is 13.2 Å². The van der Waals surface area contributed by atoms with Crippen molar-refractivity contribution in [2.75, 3.05) is 13.1 Å². The lowest BCUT2D eigenvalue weighted by Gasteiger charge is -2.32. The summed E-state index contributed by atoms with van der Waals surface area (Å²) in [4.78, 5) is 18.6. The van der Waals surface area contributed by atoms with Crippen molar-refractivity contribution >= 4 is 28.4 Å². The third-order valence-corrected chi connectivity index (χ3v) is 6.12. The number of halogens is 3. The van der Waals surface area contributed by atoms with Crippen molar-refractivity contribution in [2.24, 2.45) is 0 Å². The Hall–Kier alpha value is -2.55. The van der Waals surface area contributed by atoms with Crippen molar-refractivity contribution in [3.63, 3.8) is 0 Å². The molecule has 31 heavy (non-hydrogen) atoms. The van der Waals surface area contributed by atoms with Crippen molar-refractivity contribution in [3.05, 3.63) is 40.2 Å². The molecule has 0 atom stereocenters. The maximum Gasteiger partial charge on any atom is 0.416 e. The van der Waals surface area contributed by atoms with Gasteiger partial charge in [0.25, 0.3) is 0 Å². The van der Waals surface area contributed by atoms with Crippen molar-refractivity contribution in [3.8, 4) is 11.5 Å². The first-order valence-electron chi connectivity index (χ1n) is 10.0. The van der Waals surface area contributed by atoms with E-state index in [9.17, 15) is 18.0 Å². The fraction of sp³-hybridized carbons (Fsp3) is 0.455. The van der Waals surface area contributed by atoms with E-state index in [-0.39, 0.29) is 17.6 Å². The fourth-order valence-corrected chi connectivity index (χ4v) is 4.54. The Bertz CT molecular complexity index is 1090. The van der Waals surface area contributed by atoms with Crippen LogP contribution in [-0.2, 0) is 10.9 Å². The molecule has 1 saturated heterocycles. The van der Waals surface area contributed by atoms with E-state index in [0.717, 1.165) is 30.0 Å². The van der Waals surface area contributed by atoms with Crippen LogP contribution in [0.3, 0.4) is 0 Å². The number of amides is 1. The summed E-state index contributed by atoms with van der Waals surface area (Å²) < 4.78 is 49.9. The lowest BCUT2D eigenvalue weighted by atomic mass is 9.98. The van der Waals surface area contributed by atoms with Crippen molar-refractivity contribution < 1.29 is 27.1 Å². The normalized spacial score (nSPS) is 16.1. The van der Waals surface area contributed by atoms with E-state index in [4.69, 9.17) is 9.15 Å². The van der Waals surface area contributed by atoms with E-state index in [0.29, 0.717) is 29.9 Å². The molecule has 1 fully saturated rings. The summed E-state index contributed by atoms with van der Waals surface area (Å²) in [5.41, 5.74) is -0.466. The minimum Gasteiger partial charge on any atom is -0.454 e. The highest BCUT2D eigenvalue weighted by Gasteiger charge is 2.31. The molecule has 166 valence electrons. The average molecular weight is 452 g/mol. The summed E-state index contributed by atoms with van der Waals surface area (Å²) in [5, 5.41) is 3.40. The molecule has 1 aliphatic heterocycles. The molecule has 1 aliphatic rings. The lowest BCUT2D eigenvalue weighted by molar-refractivity contribution is -0.137. The number of carbonyl (C=O) groups is 1. The fourth-order valence-electron chi connectivity index (χ4n) is 3.56. The molecule has 0 aliphatic carbocycles. The summed E-state index contributed by atoms with van der Waals surface area (Å²) in [7, 11) is 0. The SMILES string of the molecule is CC(C)(C)OC(=O)N1CCC(c2nc(-c3cc4ccc(C(F)(F)F)cc4o3)cs2)CC1. The number of nitrogens with zero attached hydrogens (tertiary/aromatic N) is 2. The highest BCUT2D eigenvalue weighted by molar-refractivity contribution is 7.10. The van der Waals surface area contributed by atoms with E-state index >= 15 is 0 Å². The van der Waals surface area contributed by atoms with Gasteiger partial charge in [0.1, 0.15) is 16.9 Å². The summed E-state index contributed by atoms with van der Waals surface area (Å²) in [6, 6.07) is 5.18. The second-order valence-corrected chi connectivity index (χ2v) is 9.56. The molecule has 0 saturated carbocycles. The van der Waals surface area contributed by atoms with Crippen LogP contribution in [0.25, 0.3) is 22.4 Å². The number of thiazole rings is 1. The summed E-state index contributed by atoms with van der Waals surface area (Å²) in [6.07, 6.45) is -3.16. The van der Waals surface area contributed by atoms with Gasteiger partial charge in [-0.05, 0) is 51.8 Å². The first-order valence-corrected chi connectivity index (χ1v) is 10.9. The first-order chi connectivity index (χ1) is 14.5. The van der Waals surface area contributed by atoms with Crippen LogP contribution >= 0.6 is 11.3 Å². The van der Waals surface area contributed by atoms with Gasteiger partial charge in [-0.3, -0.25) is 0 Å². The number of hydrogen-bond acceptors (Lipinski definition) is 5. The van der Waals surface area contributed by atoms with Crippen LogP contribution in [-0.4, -0.2) is 34.7 Å². The third kappa shape index (κ3) is 4.87. The van der Waals surface area contributed by atoms with Crippen molar-refractivity contribution in [1.82, 2.24) is 9.88 Å². The number of carbonyl (C=O) groups excluding carboxylic acids is 1. The Morgan fingerprint density at radius 3 is 2.55 bits per heavy atom. The number of piperidine rings is 1. The average Bonchev–Trinajstić information content (AvgIpc) is 3.32. The van der Waals surface area contributed by atoms with E-state index in [1.54, 1.807) is 11.0 Å². The maximum absolute atomic E-state index is 12.9. The molecule has 0 N–H and O–H groups in total. The van der Waals surface area contributed by atoms with E-state index in [1.165, 1.54) is 17.4 Å². The molecule has 0 unspecified atom stereocenters. The standard InChI is InChI=1S/C22H23F3N2O3S/c1-21(2,3)30-20(28)27-8-6-13(7-9-27)19-26-16(12-31-19)18-10-14-4-5-15(22(23,24)25)11-17(14)29-18/h4-5,10-13H,6-9H2,1-3H3. The van der Waals surface area contributed by atoms with Gasteiger partial charge in [-0.15, -0.1) is 11.3 Å². The van der Waals surface area contributed by atoms with Gasteiger partial charge in [0, 0.05) is 29.8 Å². The number of ether oxygens (including phenoxy) is 1. The van der Waals surface area contributed by atoms with Crippen LogP contribution < -0.4 is 0 Å². The zero-order valence-corrected chi connectivity index (χ0v) is 18.3. The predicted octanol–water partition coefficient (Wildman–Crippen LogP) is 6.69. The van der Waals surface area contributed by atoms with Crippen molar-refractivity contribution in [1.29, 1.82) is 0 Å². The predicted molar refractivity (Wildman–Crippen MR) is 112 cm³/mol. The number of rotatable bonds is 2. The molecule has 0 radical (unpaired) electrons. The number of hydrogen-bond donors (Lipinski definition) is 0. The zero-order valence-electron chi connectivity index (χ0n) is 17.5. The Morgan fingerprint density at radius 1 is 1.19 bits per heavy atom. The molecule has 2 aromatic heterocycles. The molecule has 5 nitrogen and oxygen atoms in total. The van der Waals surface area contributed by atoms with Crippen LogP contribution in [0.2, 0.25) is 0 Å². The molecule has 1 aromatic carbocycles. The van der Waals surface area contributed by atoms with Gasteiger partial charge in [-0.25, -0.2) is 9.78 Å². The molecular weight excluding hydrogens is 429 g/mol. The molecule has 3 heterocycles. The van der Waals surface area contributed by atoms with Gasteiger partial charge >= 0.3 is 12.3 Å². The van der Waals surface area contributed by atoms with E-state index < -0.39 is 17.3 Å². The minimum absolute atomic E-state index is 0.185. The number of alkyl halides is 3. The highest BCUT2D eigenvalue weighted by Crippen LogP contribution is 2.37. The van der Waals surface area contributed by atoms with Gasteiger partial charge < -0.3 is 14.1 Å². The zero-order chi connectivity index (χ0) is 22.4. The van der Waals surface area contributed by atoms with Gasteiger partial charge in [0.15, 0.2) is 5.76 Å². The molecule has 9 heteroatoms. The second-order valence-electron chi connectivity index (χ2n) is 8.67. The van der Waals surface area contributed by atoms with Gasteiger partial charge in [0.05, 0.1) is 10.6 Å². The van der Waals surface area contributed by atoms with Crippen LogP contribution in [0.15, 0.2) is 34.1 Å². The number of fused-ring (bicyclic) bond motifs is 1. The van der Waals surface area contributed by atoms with Crippen LogP contribution in [0, 0.1) is 0 Å². The summed E-state index contributed by atoms with van der Waals surface area (Å²) in [5.74, 6) is 0.668. The smallest absolute Gasteiger partial charge is 0.416 e. The number of furan rings is 1. The highest BCUT2D eigenvalue weighted by atomic mass is 32.1. The van der Waals surface area contributed by atoms with Crippen LogP contribution in [0.1, 0.15) is 50.1 Å². The lowest BCUT2D eigenvalue weighted by Crippen LogP contribution is -2.41. The molecule has 0 spiro atoms. The number of aromatic nitrogens is 1. The third-order valence-electron chi connectivity index (χ3n) is 5.12. The number of benzene rings is 1. The Morgan fingerprint density at radius 2 is 1.90 bits per heavy atom. The molecule has 1 amide bonds. The monoisotopic (exact) mass is 452 g/mol. The quantitative estimate of drug-likeness (QED) is 0.435. The molecule has 0 bridgehead atoms. The molecule has 4 rings (SSSR count). The Labute approximate surface area is 181 Å². The topological polar surface area (TPSA) is 55.6 Å². The molecule has 3 aromatic rings. The molecular formula is C22H23F3N2O3S. The first kappa shape index (κ1) is 21.7. The van der Waals surface area contributed by atoms with E-state index in [2.05, 4.69) is 4.98 Å². The van der Waals surface area contributed by atoms with Gasteiger partial charge in [-0.1, -0.05) is 6.07 Å². The minimum atomic E-state index is -4.41. The largest absolute Gasteiger partial charge is 0.454 e. The second kappa shape index (κ2) is 7.85. The van der Waals surface area contributed by atoms with Gasteiger partial charge in [0.2, 0.25) is 0 Å². The van der Waals surface area contributed by atoms with Crippen molar-refractivity contribution in [2.45, 2.75) is 51.3 Å². The Balaban J connectivity index is 1.45. The summed E-state index contributed by atoms with van der Waals surface area (Å²) >= 11 is 1.50. The summed E-state index contributed by atoms with van der Waals surface area (Å²) in [6.45, 7) is 6.73. The van der Waals surface area contributed by atoms with Crippen LogP contribution in [0.5, 0.6) is 0 Å². The Kier molecular flexibility index (Phi) is 5.49. The maximum atomic E-state index is 12.9. The number of likely N-dealkylation sites (tertiary alicyclic amines) is 1. The van der Waals surface area contributed by atoms with Crippen LogP contribution in [0.4, 0.5) is 18.0 Å².